The second-order valence-corrected chi connectivity index (χ2v) is 12.7. The van der Waals surface area contributed by atoms with Gasteiger partial charge in [-0.05, 0) is 49.6 Å². The largest absolute Gasteiger partial charge is 0.296 e. The van der Waals surface area contributed by atoms with Crippen molar-refractivity contribution in [3.63, 3.8) is 0 Å². The molecular formula is C24H33N3O4S2. The molecule has 0 spiro atoms. The van der Waals surface area contributed by atoms with Gasteiger partial charge in [-0.2, -0.15) is 4.31 Å². The average Bonchev–Trinajstić information content (AvgIpc) is 2.80. The van der Waals surface area contributed by atoms with Crippen molar-refractivity contribution in [3.05, 3.63) is 59.7 Å². The Labute approximate surface area is 197 Å². The van der Waals surface area contributed by atoms with Gasteiger partial charge < -0.3 is 0 Å². The summed E-state index contributed by atoms with van der Waals surface area (Å²) in [5, 5.41) is 0. The third-order valence-corrected chi connectivity index (χ3v) is 9.97. The summed E-state index contributed by atoms with van der Waals surface area (Å²) < 4.78 is 55.9. The van der Waals surface area contributed by atoms with Crippen molar-refractivity contribution < 1.29 is 16.8 Å². The van der Waals surface area contributed by atoms with E-state index in [2.05, 4.69) is 34.7 Å². The maximum absolute atomic E-state index is 13.1. The van der Waals surface area contributed by atoms with E-state index in [-0.39, 0.29) is 15.8 Å². The fraction of sp³-hybridized carbons (Fsp3) is 0.500. The summed E-state index contributed by atoms with van der Waals surface area (Å²) in [4.78, 5) is 2.49. The summed E-state index contributed by atoms with van der Waals surface area (Å²) in [5.74, 6) is 0. The van der Waals surface area contributed by atoms with Gasteiger partial charge in [0.25, 0.3) is 0 Å². The zero-order valence-corrected chi connectivity index (χ0v) is 20.7. The minimum absolute atomic E-state index is 0.0387. The van der Waals surface area contributed by atoms with Crippen LogP contribution in [-0.4, -0.2) is 58.3 Å². The molecule has 2 aromatic carbocycles. The number of rotatable bonds is 7. The number of sulfonamides is 2. The maximum atomic E-state index is 13.1. The maximum Gasteiger partial charge on any atom is 0.243 e. The summed E-state index contributed by atoms with van der Waals surface area (Å²) >= 11 is 0. The molecule has 1 N–H and O–H groups in total. The quantitative estimate of drug-likeness (QED) is 0.643. The Kier molecular flexibility index (Phi) is 7.55. The smallest absolute Gasteiger partial charge is 0.243 e. The standard InChI is InChI=1S/C24H33N3O4S2/c1-20-6-5-7-21(18-20)19-26-14-16-27(17-15-26)33(30,31)24-12-10-23(11-13-24)32(28,29)25-22-8-3-2-4-9-22/h5-7,10-13,18,22,25H,2-4,8-9,14-17,19H2,1H3. The minimum atomic E-state index is -3.66. The molecule has 0 aromatic heterocycles. The van der Waals surface area contributed by atoms with Gasteiger partial charge in [-0.15, -0.1) is 0 Å². The first-order chi connectivity index (χ1) is 15.7. The number of hydrogen-bond acceptors (Lipinski definition) is 5. The van der Waals surface area contributed by atoms with Gasteiger partial charge in [0.15, 0.2) is 0 Å². The van der Waals surface area contributed by atoms with Crippen molar-refractivity contribution >= 4 is 20.0 Å². The van der Waals surface area contributed by atoms with Gasteiger partial charge in [0.05, 0.1) is 9.79 Å². The summed E-state index contributed by atoms with van der Waals surface area (Å²) in [6.07, 6.45) is 4.90. The second kappa shape index (κ2) is 10.2. The number of hydrogen-bond donors (Lipinski definition) is 1. The molecule has 7 nitrogen and oxygen atoms in total. The van der Waals surface area contributed by atoms with Gasteiger partial charge in [-0.1, -0.05) is 49.1 Å². The fourth-order valence-corrected chi connectivity index (χ4v) is 7.37. The molecule has 0 bridgehead atoms. The van der Waals surface area contributed by atoms with Crippen LogP contribution in [0.5, 0.6) is 0 Å². The first-order valence-electron chi connectivity index (χ1n) is 11.6. The van der Waals surface area contributed by atoms with Crippen LogP contribution in [0.15, 0.2) is 58.3 Å². The van der Waals surface area contributed by atoms with Crippen molar-refractivity contribution in [2.45, 2.75) is 61.4 Å². The summed E-state index contributed by atoms with van der Waals surface area (Å²) in [7, 11) is -7.32. The predicted octanol–water partition coefficient (Wildman–Crippen LogP) is 3.11. The monoisotopic (exact) mass is 491 g/mol. The van der Waals surface area contributed by atoms with Gasteiger partial charge in [0.1, 0.15) is 0 Å². The number of aryl methyl sites for hydroxylation is 1. The first kappa shape index (κ1) is 24.3. The Morgan fingerprint density at radius 3 is 2.12 bits per heavy atom. The van der Waals surface area contributed by atoms with E-state index in [1.54, 1.807) is 0 Å². The van der Waals surface area contributed by atoms with Gasteiger partial charge >= 0.3 is 0 Å². The average molecular weight is 492 g/mol. The molecule has 33 heavy (non-hydrogen) atoms. The highest BCUT2D eigenvalue weighted by Crippen LogP contribution is 2.23. The van der Waals surface area contributed by atoms with Crippen molar-refractivity contribution in [2.24, 2.45) is 0 Å². The normalized spacial score (nSPS) is 19.5. The van der Waals surface area contributed by atoms with Crippen LogP contribution in [0.3, 0.4) is 0 Å². The topological polar surface area (TPSA) is 86.8 Å². The molecule has 1 aliphatic heterocycles. The molecule has 1 heterocycles. The SMILES string of the molecule is Cc1cccc(CN2CCN(S(=O)(=O)c3ccc(S(=O)(=O)NC4CCCCC4)cc3)CC2)c1. The van der Waals surface area contributed by atoms with Gasteiger partial charge in [0.2, 0.25) is 20.0 Å². The highest BCUT2D eigenvalue weighted by atomic mass is 32.2. The van der Waals surface area contributed by atoms with E-state index in [1.807, 2.05) is 6.07 Å². The van der Waals surface area contributed by atoms with Crippen LogP contribution in [0, 0.1) is 6.92 Å². The zero-order chi connectivity index (χ0) is 23.5. The number of nitrogens with one attached hydrogen (secondary N) is 1. The van der Waals surface area contributed by atoms with Crippen molar-refractivity contribution in [1.82, 2.24) is 13.9 Å². The van der Waals surface area contributed by atoms with E-state index in [4.69, 9.17) is 0 Å². The first-order valence-corrected chi connectivity index (χ1v) is 14.6. The van der Waals surface area contributed by atoms with Gasteiger partial charge in [-0.25, -0.2) is 21.6 Å². The molecule has 0 unspecified atom stereocenters. The van der Waals surface area contributed by atoms with Crippen molar-refractivity contribution in [1.29, 1.82) is 0 Å². The lowest BCUT2D eigenvalue weighted by molar-refractivity contribution is 0.181. The van der Waals surface area contributed by atoms with Crippen molar-refractivity contribution in [2.75, 3.05) is 26.2 Å². The molecule has 2 aliphatic rings. The number of benzene rings is 2. The zero-order valence-electron chi connectivity index (χ0n) is 19.1. The number of nitrogens with zero attached hydrogens (tertiary/aromatic N) is 2. The Morgan fingerprint density at radius 2 is 1.48 bits per heavy atom. The molecular weight excluding hydrogens is 458 g/mol. The molecule has 9 heteroatoms. The molecule has 2 aromatic rings. The minimum Gasteiger partial charge on any atom is -0.296 e. The summed E-state index contributed by atoms with van der Waals surface area (Å²) in [6, 6.07) is 13.9. The van der Waals surface area contributed by atoms with E-state index in [1.165, 1.54) is 39.7 Å². The Morgan fingerprint density at radius 1 is 0.848 bits per heavy atom. The molecule has 0 atom stereocenters. The molecule has 0 radical (unpaired) electrons. The lowest BCUT2D eigenvalue weighted by Gasteiger charge is -2.34. The molecule has 180 valence electrons. The van der Waals surface area contributed by atoms with Crippen molar-refractivity contribution in [3.8, 4) is 0 Å². The highest BCUT2D eigenvalue weighted by Gasteiger charge is 2.29. The molecule has 1 saturated carbocycles. The third kappa shape index (κ3) is 6.02. The van der Waals surface area contributed by atoms with Crippen LogP contribution in [0.4, 0.5) is 0 Å². The third-order valence-electron chi connectivity index (χ3n) is 6.52. The second-order valence-electron chi connectivity index (χ2n) is 9.10. The Balaban J connectivity index is 1.37. The van der Waals surface area contributed by atoms with E-state index in [0.29, 0.717) is 26.2 Å². The van der Waals surface area contributed by atoms with E-state index in [9.17, 15) is 16.8 Å². The van der Waals surface area contributed by atoms with E-state index in [0.717, 1.165) is 38.6 Å². The van der Waals surface area contributed by atoms with Gasteiger partial charge in [0, 0.05) is 38.8 Å². The highest BCUT2D eigenvalue weighted by molar-refractivity contribution is 7.89. The fourth-order valence-electron chi connectivity index (χ4n) is 4.64. The Hall–Kier alpha value is -1.78. The lowest BCUT2D eigenvalue weighted by atomic mass is 9.96. The summed E-state index contributed by atoms with van der Waals surface area (Å²) in [5.41, 5.74) is 2.44. The molecule has 2 fully saturated rings. The molecule has 1 aliphatic carbocycles. The van der Waals surface area contributed by atoms with Crippen LogP contribution in [-0.2, 0) is 26.6 Å². The number of piperazine rings is 1. The summed E-state index contributed by atoms with van der Waals surface area (Å²) in [6.45, 7) is 5.01. The van der Waals surface area contributed by atoms with Crippen LogP contribution in [0.2, 0.25) is 0 Å². The molecule has 1 saturated heterocycles. The van der Waals surface area contributed by atoms with Crippen LogP contribution < -0.4 is 4.72 Å². The van der Waals surface area contributed by atoms with Crippen LogP contribution >= 0.6 is 0 Å². The van der Waals surface area contributed by atoms with E-state index < -0.39 is 20.0 Å². The van der Waals surface area contributed by atoms with Gasteiger partial charge in [-0.3, -0.25) is 4.90 Å². The predicted molar refractivity (Wildman–Crippen MR) is 129 cm³/mol. The van der Waals surface area contributed by atoms with Crippen LogP contribution in [0.1, 0.15) is 43.2 Å². The molecule has 0 amide bonds. The Bertz CT molecular complexity index is 1150. The van der Waals surface area contributed by atoms with E-state index >= 15 is 0 Å². The van der Waals surface area contributed by atoms with Crippen LogP contribution in [0.25, 0.3) is 0 Å². The lowest BCUT2D eigenvalue weighted by Crippen LogP contribution is -2.48. The molecule has 4 rings (SSSR count).